The van der Waals surface area contributed by atoms with Crippen LogP contribution in [0.3, 0.4) is 0 Å². The largest absolute Gasteiger partial charge is 0.493 e. The van der Waals surface area contributed by atoms with Crippen LogP contribution < -0.4 is 10.5 Å². The monoisotopic (exact) mass is 345 g/mol. The summed E-state index contributed by atoms with van der Waals surface area (Å²) in [7, 11) is 0. The first-order valence-electron chi connectivity index (χ1n) is 8.14. The second-order valence-corrected chi connectivity index (χ2v) is 7.07. The highest BCUT2D eigenvalue weighted by Crippen LogP contribution is 2.39. The van der Waals surface area contributed by atoms with Crippen molar-refractivity contribution in [2.45, 2.75) is 65.3 Å². The molecule has 1 aliphatic rings. The minimum atomic E-state index is 0. The van der Waals surface area contributed by atoms with Gasteiger partial charge in [-0.05, 0) is 61.6 Å². The first-order valence-corrected chi connectivity index (χ1v) is 8.52. The van der Waals surface area contributed by atoms with Crippen LogP contribution in [0.5, 0.6) is 5.75 Å². The van der Waals surface area contributed by atoms with Gasteiger partial charge in [0.2, 0.25) is 0 Å². The zero-order valence-corrected chi connectivity index (χ0v) is 15.7. The number of nitrogens with two attached hydrogens (primary N) is 1. The molecule has 1 aromatic carbocycles. The van der Waals surface area contributed by atoms with E-state index in [1.54, 1.807) is 0 Å². The molecule has 0 radical (unpaired) electrons. The predicted octanol–water partition coefficient (Wildman–Crippen LogP) is 5.26. The second-order valence-electron chi connectivity index (χ2n) is 6.66. The number of rotatable bonds is 7. The van der Waals surface area contributed by atoms with Gasteiger partial charge in [-0.3, -0.25) is 0 Å². The molecule has 0 heterocycles. The SMILES string of the molecule is CCC(N)Cc1c(C)c(Cl)cc(C(C)C)c1OCC1CC1.Cl. The fourth-order valence-corrected chi connectivity index (χ4v) is 2.77. The average Bonchev–Trinajstić information content (AvgIpc) is 3.26. The Hall–Kier alpha value is -0.440. The summed E-state index contributed by atoms with van der Waals surface area (Å²) < 4.78 is 6.22. The topological polar surface area (TPSA) is 35.2 Å². The molecule has 0 aromatic heterocycles. The van der Waals surface area contributed by atoms with Crippen LogP contribution in [0.2, 0.25) is 5.02 Å². The van der Waals surface area contributed by atoms with Crippen molar-refractivity contribution in [2.24, 2.45) is 11.7 Å². The van der Waals surface area contributed by atoms with Crippen molar-refractivity contribution in [3.8, 4) is 5.75 Å². The van der Waals surface area contributed by atoms with Gasteiger partial charge in [0.1, 0.15) is 5.75 Å². The molecule has 1 aliphatic carbocycles. The molecule has 1 unspecified atom stereocenters. The molecule has 4 heteroatoms. The lowest BCUT2D eigenvalue weighted by Gasteiger charge is -2.22. The zero-order valence-electron chi connectivity index (χ0n) is 14.1. The summed E-state index contributed by atoms with van der Waals surface area (Å²) in [5, 5.41) is 0.829. The standard InChI is InChI=1S/C18H28ClNO.ClH/c1-5-14(20)8-16-12(4)17(19)9-15(11(2)3)18(16)21-10-13-6-7-13;/h9,11,13-14H,5-8,10,20H2,1-4H3;1H. The Morgan fingerprint density at radius 3 is 2.50 bits per heavy atom. The quantitative estimate of drug-likeness (QED) is 0.731. The van der Waals surface area contributed by atoms with E-state index in [2.05, 4.69) is 33.8 Å². The van der Waals surface area contributed by atoms with Crippen molar-refractivity contribution < 1.29 is 4.74 Å². The third-order valence-corrected chi connectivity index (χ3v) is 4.79. The van der Waals surface area contributed by atoms with Gasteiger partial charge >= 0.3 is 0 Å². The normalized spacial score (nSPS) is 15.6. The summed E-state index contributed by atoms with van der Waals surface area (Å²) in [5.74, 6) is 2.19. The maximum atomic E-state index is 6.44. The lowest BCUT2D eigenvalue weighted by atomic mass is 9.92. The van der Waals surface area contributed by atoms with Crippen LogP contribution in [-0.4, -0.2) is 12.6 Å². The highest BCUT2D eigenvalue weighted by atomic mass is 35.5. The van der Waals surface area contributed by atoms with Crippen molar-refractivity contribution in [1.29, 1.82) is 0 Å². The number of benzene rings is 1. The lowest BCUT2D eigenvalue weighted by Crippen LogP contribution is -2.23. The Bertz CT molecular complexity index is 498. The van der Waals surface area contributed by atoms with Crippen LogP contribution in [0.15, 0.2) is 6.07 Å². The molecular formula is C18H29Cl2NO. The Kier molecular flexibility index (Phi) is 7.51. The molecule has 126 valence electrons. The molecule has 2 N–H and O–H groups in total. The van der Waals surface area contributed by atoms with E-state index in [-0.39, 0.29) is 18.4 Å². The lowest BCUT2D eigenvalue weighted by molar-refractivity contribution is 0.292. The molecule has 2 nitrogen and oxygen atoms in total. The Morgan fingerprint density at radius 2 is 2.00 bits per heavy atom. The molecule has 1 atom stereocenters. The molecule has 2 rings (SSSR count). The molecule has 1 aromatic rings. The molecule has 22 heavy (non-hydrogen) atoms. The van der Waals surface area contributed by atoms with E-state index in [4.69, 9.17) is 22.1 Å². The van der Waals surface area contributed by atoms with Crippen molar-refractivity contribution >= 4 is 24.0 Å². The first-order chi connectivity index (χ1) is 9.93. The smallest absolute Gasteiger partial charge is 0.126 e. The van der Waals surface area contributed by atoms with Crippen molar-refractivity contribution in [3.63, 3.8) is 0 Å². The van der Waals surface area contributed by atoms with Crippen LogP contribution in [0.1, 0.15) is 62.6 Å². The van der Waals surface area contributed by atoms with Gasteiger partial charge in [-0.15, -0.1) is 12.4 Å². The van der Waals surface area contributed by atoms with Gasteiger partial charge in [0.05, 0.1) is 6.61 Å². The van der Waals surface area contributed by atoms with E-state index < -0.39 is 0 Å². The van der Waals surface area contributed by atoms with Crippen molar-refractivity contribution in [1.82, 2.24) is 0 Å². The number of hydrogen-bond acceptors (Lipinski definition) is 2. The highest BCUT2D eigenvalue weighted by molar-refractivity contribution is 6.31. The number of ether oxygens (including phenoxy) is 1. The summed E-state index contributed by atoms with van der Waals surface area (Å²) in [6.45, 7) is 9.41. The molecular weight excluding hydrogens is 317 g/mol. The summed E-state index contributed by atoms with van der Waals surface area (Å²) in [4.78, 5) is 0. The Balaban J connectivity index is 0.00000242. The van der Waals surface area contributed by atoms with E-state index in [0.717, 1.165) is 41.7 Å². The predicted molar refractivity (Wildman–Crippen MR) is 97.7 cm³/mol. The van der Waals surface area contributed by atoms with Crippen LogP contribution in [0.4, 0.5) is 0 Å². The van der Waals surface area contributed by atoms with Gasteiger partial charge in [-0.1, -0.05) is 32.4 Å². The third kappa shape index (κ3) is 4.78. The van der Waals surface area contributed by atoms with E-state index in [0.29, 0.717) is 5.92 Å². The first kappa shape index (κ1) is 19.6. The molecule has 1 saturated carbocycles. The molecule has 0 saturated heterocycles. The fourth-order valence-electron chi connectivity index (χ4n) is 2.54. The minimum absolute atomic E-state index is 0. The summed E-state index contributed by atoms with van der Waals surface area (Å²) in [6.07, 6.45) is 4.40. The van der Waals surface area contributed by atoms with Crippen LogP contribution in [-0.2, 0) is 6.42 Å². The summed E-state index contributed by atoms with van der Waals surface area (Å²) in [6, 6.07) is 2.23. The molecule has 0 aliphatic heterocycles. The summed E-state index contributed by atoms with van der Waals surface area (Å²) >= 11 is 6.44. The van der Waals surface area contributed by atoms with Crippen molar-refractivity contribution in [3.05, 3.63) is 27.8 Å². The van der Waals surface area contributed by atoms with Crippen LogP contribution in [0.25, 0.3) is 0 Å². The van der Waals surface area contributed by atoms with Gasteiger partial charge in [0, 0.05) is 16.6 Å². The van der Waals surface area contributed by atoms with Gasteiger partial charge < -0.3 is 10.5 Å². The van der Waals surface area contributed by atoms with E-state index in [9.17, 15) is 0 Å². The number of hydrogen-bond donors (Lipinski definition) is 1. The van der Waals surface area contributed by atoms with E-state index in [1.165, 1.54) is 24.0 Å². The van der Waals surface area contributed by atoms with Gasteiger partial charge in [-0.25, -0.2) is 0 Å². The van der Waals surface area contributed by atoms with Crippen LogP contribution >= 0.6 is 24.0 Å². The van der Waals surface area contributed by atoms with Gasteiger partial charge in [0.25, 0.3) is 0 Å². The minimum Gasteiger partial charge on any atom is -0.493 e. The third-order valence-electron chi connectivity index (χ3n) is 4.40. The fraction of sp³-hybridized carbons (Fsp3) is 0.667. The van der Waals surface area contributed by atoms with E-state index in [1.807, 2.05) is 0 Å². The Labute approximate surface area is 146 Å². The number of halogens is 2. The second kappa shape index (κ2) is 8.42. The van der Waals surface area contributed by atoms with Gasteiger partial charge in [0.15, 0.2) is 0 Å². The summed E-state index contributed by atoms with van der Waals surface area (Å²) in [5.41, 5.74) is 9.73. The van der Waals surface area contributed by atoms with Gasteiger partial charge in [-0.2, -0.15) is 0 Å². The molecule has 0 amide bonds. The van der Waals surface area contributed by atoms with Crippen LogP contribution in [0, 0.1) is 12.8 Å². The highest BCUT2D eigenvalue weighted by Gasteiger charge is 2.25. The maximum Gasteiger partial charge on any atom is 0.126 e. The molecule has 0 spiro atoms. The van der Waals surface area contributed by atoms with Crippen molar-refractivity contribution in [2.75, 3.05) is 6.61 Å². The Morgan fingerprint density at radius 1 is 1.36 bits per heavy atom. The van der Waals surface area contributed by atoms with E-state index >= 15 is 0 Å². The maximum absolute atomic E-state index is 6.44. The molecule has 1 fully saturated rings. The molecule has 0 bridgehead atoms. The zero-order chi connectivity index (χ0) is 15.6. The average molecular weight is 346 g/mol.